The van der Waals surface area contributed by atoms with Crippen LogP contribution in [-0.2, 0) is 0 Å². The van der Waals surface area contributed by atoms with Crippen LogP contribution in [0.4, 0.5) is 0 Å². The molecule has 1 N–H and O–H groups in total. The van der Waals surface area contributed by atoms with E-state index >= 15 is 0 Å². The third-order valence-electron chi connectivity index (χ3n) is 3.07. The van der Waals surface area contributed by atoms with Gasteiger partial charge in [0.25, 0.3) is 0 Å². The lowest BCUT2D eigenvalue weighted by atomic mass is 10.0. The van der Waals surface area contributed by atoms with Crippen LogP contribution in [0.5, 0.6) is 0 Å². The van der Waals surface area contributed by atoms with Crippen LogP contribution >= 0.6 is 0 Å². The van der Waals surface area contributed by atoms with Crippen LogP contribution in [0.3, 0.4) is 0 Å². The molecule has 1 atom stereocenters. The Labute approximate surface area is 94.4 Å². The summed E-state index contributed by atoms with van der Waals surface area (Å²) in [5.41, 5.74) is 0. The molecule has 0 spiro atoms. The summed E-state index contributed by atoms with van der Waals surface area (Å²) in [6.45, 7) is 8.82. The van der Waals surface area contributed by atoms with Gasteiger partial charge in [0.05, 0.1) is 0 Å². The van der Waals surface area contributed by atoms with E-state index in [0.29, 0.717) is 6.04 Å². The molecule has 15 heavy (non-hydrogen) atoms. The third-order valence-corrected chi connectivity index (χ3v) is 3.07. The summed E-state index contributed by atoms with van der Waals surface area (Å²) in [5, 5.41) is 3.60. The first-order chi connectivity index (χ1) is 7.36. The average molecular weight is 208 g/mol. The molecule has 2 heteroatoms. The van der Waals surface area contributed by atoms with Crippen molar-refractivity contribution >= 4 is 0 Å². The quantitative estimate of drug-likeness (QED) is 0.694. The Morgan fingerprint density at radius 1 is 1.40 bits per heavy atom. The van der Waals surface area contributed by atoms with Crippen molar-refractivity contribution in [1.29, 1.82) is 0 Å². The summed E-state index contributed by atoms with van der Waals surface area (Å²) >= 11 is 0. The second kappa shape index (κ2) is 7.73. The maximum absolute atomic E-state index is 3.60. The number of likely N-dealkylation sites (N-methyl/N-ethyl adjacent to an activating group) is 1. The Bertz CT molecular complexity index is 208. The largest absolute Gasteiger partial charge is 0.313 e. The first-order valence-electron chi connectivity index (χ1n) is 6.22. The van der Waals surface area contributed by atoms with Crippen LogP contribution in [0.25, 0.3) is 0 Å². The van der Waals surface area contributed by atoms with Crippen LogP contribution in [-0.4, -0.2) is 37.1 Å². The number of rotatable bonds is 5. The van der Waals surface area contributed by atoms with E-state index in [1.165, 1.54) is 32.4 Å². The van der Waals surface area contributed by atoms with Gasteiger partial charge >= 0.3 is 0 Å². The smallest absolute Gasteiger partial charge is 0.0216 e. The SMILES string of the molecule is CC#CCCN(CC)CC1CCCCN1. The molecule has 0 aliphatic carbocycles. The number of nitrogens with zero attached hydrogens (tertiary/aromatic N) is 1. The Hall–Kier alpha value is -0.520. The molecule has 1 fully saturated rings. The monoisotopic (exact) mass is 208 g/mol. The molecule has 0 radical (unpaired) electrons. The molecule has 0 aromatic rings. The first-order valence-corrected chi connectivity index (χ1v) is 6.22. The Morgan fingerprint density at radius 2 is 2.27 bits per heavy atom. The molecular formula is C13H24N2. The number of hydrogen-bond donors (Lipinski definition) is 1. The van der Waals surface area contributed by atoms with Gasteiger partial charge < -0.3 is 10.2 Å². The van der Waals surface area contributed by atoms with Gasteiger partial charge in [-0.15, -0.1) is 11.8 Å². The topological polar surface area (TPSA) is 15.3 Å². The highest BCUT2D eigenvalue weighted by Gasteiger charge is 2.14. The summed E-state index contributed by atoms with van der Waals surface area (Å²) < 4.78 is 0. The van der Waals surface area contributed by atoms with Crippen molar-refractivity contribution in [2.24, 2.45) is 0 Å². The fourth-order valence-electron chi connectivity index (χ4n) is 2.11. The highest BCUT2D eigenvalue weighted by molar-refractivity contribution is 4.95. The maximum Gasteiger partial charge on any atom is 0.0216 e. The Kier molecular flexibility index (Phi) is 6.47. The number of nitrogens with one attached hydrogen (secondary N) is 1. The van der Waals surface area contributed by atoms with Crippen molar-refractivity contribution in [1.82, 2.24) is 10.2 Å². The molecular weight excluding hydrogens is 184 g/mol. The summed E-state index contributed by atoms with van der Waals surface area (Å²) in [7, 11) is 0. The van der Waals surface area contributed by atoms with Gasteiger partial charge in [0.15, 0.2) is 0 Å². The van der Waals surface area contributed by atoms with E-state index in [9.17, 15) is 0 Å². The van der Waals surface area contributed by atoms with E-state index in [1.807, 2.05) is 6.92 Å². The lowest BCUT2D eigenvalue weighted by Crippen LogP contribution is -2.43. The van der Waals surface area contributed by atoms with Crippen molar-refractivity contribution in [2.45, 2.75) is 45.6 Å². The van der Waals surface area contributed by atoms with Crippen molar-refractivity contribution < 1.29 is 0 Å². The number of hydrogen-bond acceptors (Lipinski definition) is 2. The third kappa shape index (κ3) is 5.20. The van der Waals surface area contributed by atoms with Crippen molar-refractivity contribution in [2.75, 3.05) is 26.2 Å². The molecule has 0 aromatic heterocycles. The molecule has 1 aliphatic rings. The lowest BCUT2D eigenvalue weighted by molar-refractivity contribution is 0.237. The van der Waals surface area contributed by atoms with Crippen LogP contribution in [0.1, 0.15) is 39.5 Å². The molecule has 1 heterocycles. The molecule has 1 saturated heterocycles. The van der Waals surface area contributed by atoms with Gasteiger partial charge in [0.1, 0.15) is 0 Å². The van der Waals surface area contributed by atoms with Gasteiger partial charge in [-0.2, -0.15) is 0 Å². The van der Waals surface area contributed by atoms with E-state index in [0.717, 1.165) is 19.5 Å². The molecule has 2 nitrogen and oxygen atoms in total. The van der Waals surface area contributed by atoms with Crippen LogP contribution in [0.15, 0.2) is 0 Å². The van der Waals surface area contributed by atoms with Gasteiger partial charge in [-0.1, -0.05) is 13.3 Å². The minimum absolute atomic E-state index is 0.716. The van der Waals surface area contributed by atoms with E-state index in [-0.39, 0.29) is 0 Å². The maximum atomic E-state index is 3.60. The zero-order chi connectivity index (χ0) is 10.9. The van der Waals surface area contributed by atoms with Crippen LogP contribution in [0, 0.1) is 11.8 Å². The summed E-state index contributed by atoms with van der Waals surface area (Å²) in [4.78, 5) is 2.51. The molecule has 86 valence electrons. The second-order valence-corrected chi connectivity index (χ2v) is 4.22. The predicted molar refractivity (Wildman–Crippen MR) is 65.8 cm³/mol. The van der Waals surface area contributed by atoms with E-state index in [1.54, 1.807) is 0 Å². The zero-order valence-corrected chi connectivity index (χ0v) is 10.2. The van der Waals surface area contributed by atoms with Gasteiger partial charge in [-0.05, 0) is 32.9 Å². The average Bonchev–Trinajstić information content (AvgIpc) is 2.29. The van der Waals surface area contributed by atoms with Gasteiger partial charge in [-0.3, -0.25) is 0 Å². The summed E-state index contributed by atoms with van der Waals surface area (Å²) in [6, 6.07) is 0.716. The molecule has 0 aromatic carbocycles. The zero-order valence-electron chi connectivity index (χ0n) is 10.2. The minimum atomic E-state index is 0.716. The van der Waals surface area contributed by atoms with Gasteiger partial charge in [0, 0.05) is 25.6 Å². The van der Waals surface area contributed by atoms with Crippen molar-refractivity contribution in [3.05, 3.63) is 0 Å². The van der Waals surface area contributed by atoms with E-state index in [2.05, 4.69) is 29.0 Å². The summed E-state index contributed by atoms with van der Waals surface area (Å²) in [6.07, 6.45) is 5.10. The van der Waals surface area contributed by atoms with E-state index in [4.69, 9.17) is 0 Å². The minimum Gasteiger partial charge on any atom is -0.313 e. The highest BCUT2D eigenvalue weighted by atomic mass is 15.1. The highest BCUT2D eigenvalue weighted by Crippen LogP contribution is 2.08. The molecule has 0 bridgehead atoms. The van der Waals surface area contributed by atoms with E-state index < -0.39 is 0 Å². The van der Waals surface area contributed by atoms with Crippen molar-refractivity contribution in [3.63, 3.8) is 0 Å². The normalized spacial score (nSPS) is 21.1. The van der Waals surface area contributed by atoms with Gasteiger partial charge in [-0.25, -0.2) is 0 Å². The molecule has 0 saturated carbocycles. The number of piperidine rings is 1. The second-order valence-electron chi connectivity index (χ2n) is 4.22. The molecule has 1 rings (SSSR count). The standard InChI is InChI=1S/C13H24N2/c1-3-5-8-11-15(4-2)12-13-9-6-7-10-14-13/h13-14H,4,6-12H2,1-2H3. The first kappa shape index (κ1) is 12.5. The predicted octanol–water partition coefficient (Wildman–Crippen LogP) is 1.86. The molecule has 1 aliphatic heterocycles. The molecule has 1 unspecified atom stereocenters. The Morgan fingerprint density at radius 3 is 2.87 bits per heavy atom. The Balaban J connectivity index is 2.21. The van der Waals surface area contributed by atoms with Gasteiger partial charge in [0.2, 0.25) is 0 Å². The van der Waals surface area contributed by atoms with Crippen LogP contribution < -0.4 is 5.32 Å². The lowest BCUT2D eigenvalue weighted by Gasteiger charge is -2.29. The van der Waals surface area contributed by atoms with Crippen molar-refractivity contribution in [3.8, 4) is 11.8 Å². The van der Waals surface area contributed by atoms with Crippen LogP contribution in [0.2, 0.25) is 0 Å². The fraction of sp³-hybridized carbons (Fsp3) is 0.846. The fourth-order valence-corrected chi connectivity index (χ4v) is 2.11. The molecule has 0 amide bonds. The summed E-state index contributed by atoms with van der Waals surface area (Å²) in [5.74, 6) is 6.10.